The number of fused-ring (bicyclic) bond motifs is 4. The van der Waals surface area contributed by atoms with E-state index in [4.69, 9.17) is 23.7 Å². The van der Waals surface area contributed by atoms with Crippen molar-refractivity contribution in [1.29, 1.82) is 0 Å². The van der Waals surface area contributed by atoms with Gasteiger partial charge in [-0.2, -0.15) is 0 Å². The summed E-state index contributed by atoms with van der Waals surface area (Å²) < 4.78 is 30.1. The van der Waals surface area contributed by atoms with E-state index in [1.807, 2.05) is 66.7 Å². The Bertz CT molecular complexity index is 1410. The number of hydrogen-bond donors (Lipinski definition) is 0. The summed E-state index contributed by atoms with van der Waals surface area (Å²) in [4.78, 5) is 31.1. The average Bonchev–Trinajstić information content (AvgIpc) is 3.59. The van der Waals surface area contributed by atoms with Crippen molar-refractivity contribution in [2.75, 3.05) is 20.2 Å². The second-order valence-corrected chi connectivity index (χ2v) is 11.6. The van der Waals surface area contributed by atoms with Gasteiger partial charge < -0.3 is 28.6 Å². The lowest BCUT2D eigenvalue weighted by molar-refractivity contribution is -0.177. The summed E-state index contributed by atoms with van der Waals surface area (Å²) in [5.41, 5.74) is 3.42. The van der Waals surface area contributed by atoms with Crippen molar-refractivity contribution in [3.05, 3.63) is 108 Å². The number of carbonyl (C=O) groups is 2. The van der Waals surface area contributed by atoms with Gasteiger partial charge in [-0.3, -0.25) is 9.69 Å². The quantitative estimate of drug-likeness (QED) is 0.374. The van der Waals surface area contributed by atoms with E-state index in [9.17, 15) is 9.59 Å². The zero-order valence-corrected chi connectivity index (χ0v) is 24.1. The molecule has 9 heteroatoms. The minimum Gasteiger partial charge on any atom is -0.467 e. The molecule has 0 aliphatic carbocycles. The Morgan fingerprint density at radius 3 is 1.79 bits per heavy atom. The second-order valence-electron chi connectivity index (χ2n) is 11.6. The summed E-state index contributed by atoms with van der Waals surface area (Å²) in [5.74, 6) is -0.669. The molecule has 43 heavy (non-hydrogen) atoms. The van der Waals surface area contributed by atoms with Crippen LogP contribution in [0.3, 0.4) is 0 Å². The monoisotopic (exact) mass is 584 g/mol. The number of hydrogen-bond acceptors (Lipinski definition) is 8. The molecule has 4 fully saturated rings. The number of benzene rings is 3. The lowest BCUT2D eigenvalue weighted by Gasteiger charge is -2.40. The molecule has 1 amide bonds. The van der Waals surface area contributed by atoms with E-state index < -0.39 is 49.0 Å². The van der Waals surface area contributed by atoms with Crippen LogP contribution < -0.4 is 0 Å². The van der Waals surface area contributed by atoms with Crippen LogP contribution in [-0.4, -0.2) is 91.0 Å². The first-order chi connectivity index (χ1) is 21.1. The molecule has 3 aromatic carbocycles. The molecule has 4 heterocycles. The van der Waals surface area contributed by atoms with Gasteiger partial charge in [-0.15, -0.1) is 0 Å². The zero-order valence-electron chi connectivity index (χ0n) is 24.1. The van der Waals surface area contributed by atoms with Crippen LogP contribution in [-0.2, 0) is 52.7 Å². The molecule has 4 saturated heterocycles. The molecular weight excluding hydrogens is 548 g/mol. The molecule has 0 radical (unpaired) electrons. The predicted octanol–water partition coefficient (Wildman–Crippen LogP) is 2.96. The smallest absolute Gasteiger partial charge is 0.337 e. The number of amides is 1. The summed E-state index contributed by atoms with van der Waals surface area (Å²) in [7, 11) is 1.33. The van der Waals surface area contributed by atoms with Crippen molar-refractivity contribution < 1.29 is 33.3 Å². The fraction of sp³-hybridized carbons (Fsp3) is 0.412. The summed E-state index contributed by atoms with van der Waals surface area (Å²) in [6.45, 7) is 1.48. The van der Waals surface area contributed by atoms with E-state index in [2.05, 4.69) is 29.2 Å². The van der Waals surface area contributed by atoms with Gasteiger partial charge in [0.05, 0.1) is 25.7 Å². The van der Waals surface area contributed by atoms with Crippen molar-refractivity contribution >= 4 is 11.9 Å². The standard InChI is InChI=1S/C34H36N2O7/c1-39-32(38)30-28-21-36(26(34(41-28)43-30)18-23-13-7-3-8-14-23)31(37)29-27-20-35(19-24-15-9-4-10-16-24)25(33(40-27)42-29)17-22-11-5-2-6-12-22/h2-16,25-30,33-34H,17-21H2,1H3/t25?,26?,27-,28-,29-,30-,33-,34-/m1/s1. The van der Waals surface area contributed by atoms with Crippen LogP contribution in [0.4, 0.5) is 0 Å². The van der Waals surface area contributed by atoms with Crippen LogP contribution in [0.5, 0.6) is 0 Å². The van der Waals surface area contributed by atoms with Gasteiger partial charge in [-0.05, 0) is 29.5 Å². The molecular formula is C34H36N2O7. The topological polar surface area (TPSA) is 86.8 Å². The Labute approximate surface area is 251 Å². The Hall–Kier alpha value is -3.60. The SMILES string of the molecule is COC(=O)[C@@H]1O[C@H]2O[C@@H]1CN(C(=O)[C@@H]1O[C@H]3O[C@@H]1CN(Cc1ccccc1)C3Cc1ccccc1)C2Cc1ccccc1. The summed E-state index contributed by atoms with van der Waals surface area (Å²) in [6.07, 6.45) is -2.77. The maximum Gasteiger partial charge on any atom is 0.337 e. The maximum atomic E-state index is 14.4. The molecule has 0 spiro atoms. The fourth-order valence-electron chi connectivity index (χ4n) is 6.77. The molecule has 8 atom stereocenters. The van der Waals surface area contributed by atoms with E-state index in [-0.39, 0.29) is 18.5 Å². The zero-order chi connectivity index (χ0) is 29.3. The first-order valence-corrected chi connectivity index (χ1v) is 14.9. The Balaban J connectivity index is 1.15. The van der Waals surface area contributed by atoms with Crippen LogP contribution in [0.2, 0.25) is 0 Å². The largest absolute Gasteiger partial charge is 0.467 e. The van der Waals surface area contributed by atoms with Crippen molar-refractivity contribution in [3.63, 3.8) is 0 Å². The Morgan fingerprint density at radius 1 is 0.674 bits per heavy atom. The second kappa shape index (κ2) is 12.2. The van der Waals surface area contributed by atoms with Crippen LogP contribution in [0, 0.1) is 0 Å². The average molecular weight is 585 g/mol. The molecule has 7 rings (SSSR count). The van der Waals surface area contributed by atoms with Gasteiger partial charge in [0.1, 0.15) is 12.2 Å². The van der Waals surface area contributed by atoms with Crippen LogP contribution in [0.25, 0.3) is 0 Å². The van der Waals surface area contributed by atoms with E-state index in [1.54, 1.807) is 4.90 Å². The minimum absolute atomic E-state index is 0.0651. The normalized spacial score (nSPS) is 31.6. The number of morpholine rings is 2. The first-order valence-electron chi connectivity index (χ1n) is 14.9. The maximum absolute atomic E-state index is 14.4. The third-order valence-corrected chi connectivity index (χ3v) is 8.91. The molecule has 0 aromatic heterocycles. The molecule has 4 aliphatic rings. The lowest BCUT2D eigenvalue weighted by Crippen LogP contribution is -2.59. The van der Waals surface area contributed by atoms with Gasteiger partial charge in [-0.25, -0.2) is 4.79 Å². The predicted molar refractivity (Wildman–Crippen MR) is 156 cm³/mol. The number of ether oxygens (including phenoxy) is 5. The molecule has 224 valence electrons. The van der Waals surface area contributed by atoms with Crippen molar-refractivity contribution in [2.45, 2.75) is 68.5 Å². The molecule has 4 bridgehead atoms. The van der Waals surface area contributed by atoms with Gasteiger partial charge in [0.15, 0.2) is 24.8 Å². The fourth-order valence-corrected chi connectivity index (χ4v) is 6.77. The van der Waals surface area contributed by atoms with Crippen molar-refractivity contribution in [1.82, 2.24) is 9.80 Å². The van der Waals surface area contributed by atoms with Gasteiger partial charge >= 0.3 is 5.97 Å². The molecule has 2 unspecified atom stereocenters. The van der Waals surface area contributed by atoms with E-state index in [1.165, 1.54) is 18.2 Å². The molecule has 0 saturated carbocycles. The number of nitrogens with zero attached hydrogens (tertiary/aromatic N) is 2. The van der Waals surface area contributed by atoms with Crippen molar-refractivity contribution in [2.24, 2.45) is 0 Å². The number of rotatable bonds is 8. The highest BCUT2D eigenvalue weighted by Gasteiger charge is 2.57. The summed E-state index contributed by atoms with van der Waals surface area (Å²) in [5, 5.41) is 0. The molecule has 4 aliphatic heterocycles. The molecule has 0 N–H and O–H groups in total. The Morgan fingerprint density at radius 2 is 1.19 bits per heavy atom. The van der Waals surface area contributed by atoms with Crippen LogP contribution >= 0.6 is 0 Å². The third-order valence-electron chi connectivity index (χ3n) is 8.91. The van der Waals surface area contributed by atoms with E-state index >= 15 is 0 Å². The van der Waals surface area contributed by atoms with E-state index in [0.717, 1.165) is 18.5 Å². The van der Waals surface area contributed by atoms with Gasteiger partial charge in [-0.1, -0.05) is 91.0 Å². The van der Waals surface area contributed by atoms with E-state index in [0.29, 0.717) is 13.0 Å². The first kappa shape index (κ1) is 28.2. The van der Waals surface area contributed by atoms with Crippen LogP contribution in [0.1, 0.15) is 16.7 Å². The van der Waals surface area contributed by atoms with Crippen molar-refractivity contribution in [3.8, 4) is 0 Å². The molecule has 9 nitrogen and oxygen atoms in total. The Kier molecular flexibility index (Phi) is 7.99. The van der Waals surface area contributed by atoms with Gasteiger partial charge in [0.2, 0.25) is 0 Å². The molecule has 3 aromatic rings. The summed E-state index contributed by atoms with van der Waals surface area (Å²) in [6, 6.07) is 30.1. The third kappa shape index (κ3) is 5.71. The number of methoxy groups -OCH3 is 1. The van der Waals surface area contributed by atoms with Crippen LogP contribution in [0.15, 0.2) is 91.0 Å². The lowest BCUT2D eigenvalue weighted by atomic mass is 9.99. The highest BCUT2D eigenvalue weighted by atomic mass is 16.8. The highest BCUT2D eigenvalue weighted by Crippen LogP contribution is 2.37. The van der Waals surface area contributed by atoms with Gasteiger partial charge in [0, 0.05) is 13.1 Å². The number of esters is 1. The van der Waals surface area contributed by atoms with Gasteiger partial charge in [0.25, 0.3) is 5.91 Å². The highest BCUT2D eigenvalue weighted by molar-refractivity contribution is 5.83. The minimum atomic E-state index is -0.886. The number of carbonyl (C=O) groups excluding carboxylic acids is 2. The summed E-state index contributed by atoms with van der Waals surface area (Å²) >= 11 is 0.